The van der Waals surface area contributed by atoms with Gasteiger partial charge in [-0.1, -0.05) is 13.8 Å². The van der Waals surface area contributed by atoms with E-state index in [1.54, 1.807) is 7.11 Å². The van der Waals surface area contributed by atoms with Crippen LogP contribution in [-0.2, 0) is 9.53 Å². The van der Waals surface area contributed by atoms with Gasteiger partial charge in [0.1, 0.15) is 0 Å². The summed E-state index contributed by atoms with van der Waals surface area (Å²) in [4.78, 5) is 13.9. The number of hydrogen-bond acceptors (Lipinski definition) is 2. The van der Waals surface area contributed by atoms with Crippen molar-refractivity contribution in [3.8, 4) is 0 Å². The van der Waals surface area contributed by atoms with Crippen molar-refractivity contribution in [2.45, 2.75) is 33.1 Å². The fraction of sp³-hybridized carbons (Fsp3) is 0.917. The lowest BCUT2D eigenvalue weighted by Crippen LogP contribution is -2.41. The van der Waals surface area contributed by atoms with Crippen LogP contribution < -0.4 is 0 Å². The van der Waals surface area contributed by atoms with Crippen LogP contribution in [0.4, 0.5) is 0 Å². The average Bonchev–Trinajstić information content (AvgIpc) is 2.17. The minimum absolute atomic E-state index is 0.311. The SMILES string of the molecule is COCC1CCCN(C(=O)CC(C)C)C1. The second kappa shape index (κ2) is 6.11. The molecule has 0 saturated carbocycles. The summed E-state index contributed by atoms with van der Waals surface area (Å²) in [5, 5.41) is 0. The van der Waals surface area contributed by atoms with Gasteiger partial charge >= 0.3 is 0 Å². The summed E-state index contributed by atoms with van der Waals surface area (Å²) in [7, 11) is 1.73. The highest BCUT2D eigenvalue weighted by molar-refractivity contribution is 5.76. The highest BCUT2D eigenvalue weighted by Gasteiger charge is 2.23. The number of hydrogen-bond donors (Lipinski definition) is 0. The second-order valence-corrected chi connectivity index (χ2v) is 4.90. The van der Waals surface area contributed by atoms with Crippen molar-refractivity contribution in [3.05, 3.63) is 0 Å². The molecule has 1 aliphatic rings. The van der Waals surface area contributed by atoms with Gasteiger partial charge in [0.2, 0.25) is 5.91 Å². The third-order valence-corrected chi connectivity index (χ3v) is 2.86. The number of rotatable bonds is 4. The van der Waals surface area contributed by atoms with E-state index in [9.17, 15) is 4.79 Å². The van der Waals surface area contributed by atoms with Crippen LogP contribution in [0.2, 0.25) is 0 Å². The molecule has 3 heteroatoms. The van der Waals surface area contributed by atoms with Crippen LogP contribution in [0.3, 0.4) is 0 Å². The van der Waals surface area contributed by atoms with Gasteiger partial charge in [-0.2, -0.15) is 0 Å². The van der Waals surface area contributed by atoms with E-state index >= 15 is 0 Å². The quantitative estimate of drug-likeness (QED) is 0.714. The average molecular weight is 213 g/mol. The number of carbonyl (C=O) groups excluding carboxylic acids is 1. The predicted octanol–water partition coefficient (Wildman–Crippen LogP) is 1.92. The Bertz CT molecular complexity index is 202. The molecule has 1 atom stereocenters. The third-order valence-electron chi connectivity index (χ3n) is 2.86. The van der Waals surface area contributed by atoms with Gasteiger partial charge in [-0.15, -0.1) is 0 Å². The molecule has 0 bridgehead atoms. The Labute approximate surface area is 92.8 Å². The zero-order valence-electron chi connectivity index (χ0n) is 10.2. The Kier molecular flexibility index (Phi) is 5.09. The molecule has 0 radical (unpaired) electrons. The van der Waals surface area contributed by atoms with Crippen LogP contribution in [0.15, 0.2) is 0 Å². The number of carbonyl (C=O) groups is 1. The number of piperidine rings is 1. The fourth-order valence-electron chi connectivity index (χ4n) is 2.14. The van der Waals surface area contributed by atoms with Crippen molar-refractivity contribution >= 4 is 5.91 Å². The lowest BCUT2D eigenvalue weighted by atomic mass is 9.98. The summed E-state index contributed by atoms with van der Waals surface area (Å²) in [6.07, 6.45) is 3.00. The number of methoxy groups -OCH3 is 1. The standard InChI is InChI=1S/C12H23NO2/c1-10(2)7-12(14)13-6-4-5-11(8-13)9-15-3/h10-11H,4-9H2,1-3H3. The minimum Gasteiger partial charge on any atom is -0.384 e. The normalized spacial score (nSPS) is 22.1. The molecule has 0 aliphatic carbocycles. The molecule has 1 aliphatic heterocycles. The molecule has 1 saturated heterocycles. The highest BCUT2D eigenvalue weighted by Crippen LogP contribution is 2.18. The number of likely N-dealkylation sites (tertiary alicyclic amines) is 1. The molecule has 1 rings (SSSR count). The van der Waals surface area contributed by atoms with Crippen LogP contribution in [0, 0.1) is 11.8 Å². The Morgan fingerprint density at radius 1 is 1.53 bits per heavy atom. The Hall–Kier alpha value is -0.570. The first kappa shape index (κ1) is 12.5. The first-order valence-corrected chi connectivity index (χ1v) is 5.90. The second-order valence-electron chi connectivity index (χ2n) is 4.90. The molecule has 0 aromatic carbocycles. The van der Waals surface area contributed by atoms with E-state index in [0.717, 1.165) is 26.1 Å². The van der Waals surface area contributed by atoms with Crippen LogP contribution in [-0.4, -0.2) is 37.6 Å². The maximum Gasteiger partial charge on any atom is 0.222 e. The van der Waals surface area contributed by atoms with Crippen LogP contribution >= 0.6 is 0 Å². The molecule has 1 amide bonds. The molecule has 1 heterocycles. The van der Waals surface area contributed by atoms with Gasteiger partial charge < -0.3 is 9.64 Å². The maximum absolute atomic E-state index is 11.8. The summed E-state index contributed by atoms with van der Waals surface area (Å²) in [6.45, 7) is 6.79. The largest absolute Gasteiger partial charge is 0.384 e. The molecule has 15 heavy (non-hydrogen) atoms. The van der Waals surface area contributed by atoms with E-state index in [1.165, 1.54) is 6.42 Å². The Morgan fingerprint density at radius 2 is 2.27 bits per heavy atom. The number of ether oxygens (including phenoxy) is 1. The van der Waals surface area contributed by atoms with E-state index < -0.39 is 0 Å². The zero-order chi connectivity index (χ0) is 11.3. The van der Waals surface area contributed by atoms with Crippen LogP contribution in [0.5, 0.6) is 0 Å². The van der Waals surface area contributed by atoms with Crippen LogP contribution in [0.1, 0.15) is 33.1 Å². The van der Waals surface area contributed by atoms with Gasteiger partial charge in [-0.05, 0) is 24.7 Å². The molecule has 88 valence electrons. The molecular weight excluding hydrogens is 190 g/mol. The monoisotopic (exact) mass is 213 g/mol. The minimum atomic E-state index is 0.311. The van der Waals surface area contributed by atoms with Crippen molar-refractivity contribution in [1.29, 1.82) is 0 Å². The Balaban J connectivity index is 2.38. The molecular formula is C12H23NO2. The molecule has 0 N–H and O–H groups in total. The number of amides is 1. The van der Waals surface area contributed by atoms with Crippen LogP contribution in [0.25, 0.3) is 0 Å². The molecule has 3 nitrogen and oxygen atoms in total. The summed E-state index contributed by atoms with van der Waals surface area (Å²) in [5.41, 5.74) is 0. The van der Waals surface area contributed by atoms with Crippen molar-refractivity contribution in [3.63, 3.8) is 0 Å². The van der Waals surface area contributed by atoms with Crippen molar-refractivity contribution in [2.75, 3.05) is 26.8 Å². The van der Waals surface area contributed by atoms with Gasteiger partial charge in [-0.3, -0.25) is 4.79 Å². The number of nitrogens with zero attached hydrogens (tertiary/aromatic N) is 1. The van der Waals surface area contributed by atoms with E-state index in [1.807, 2.05) is 4.90 Å². The van der Waals surface area contributed by atoms with Gasteiger partial charge in [-0.25, -0.2) is 0 Å². The van der Waals surface area contributed by atoms with Gasteiger partial charge in [0, 0.05) is 26.6 Å². The van der Waals surface area contributed by atoms with Gasteiger partial charge in [0.15, 0.2) is 0 Å². The molecule has 0 spiro atoms. The van der Waals surface area contributed by atoms with Crippen molar-refractivity contribution in [2.24, 2.45) is 11.8 Å². The summed E-state index contributed by atoms with van der Waals surface area (Å²) >= 11 is 0. The maximum atomic E-state index is 11.8. The molecule has 0 aromatic heterocycles. The first-order valence-electron chi connectivity index (χ1n) is 5.90. The lowest BCUT2D eigenvalue weighted by molar-refractivity contribution is -0.134. The fourth-order valence-corrected chi connectivity index (χ4v) is 2.14. The smallest absolute Gasteiger partial charge is 0.222 e. The van der Waals surface area contributed by atoms with Gasteiger partial charge in [0.05, 0.1) is 6.61 Å². The topological polar surface area (TPSA) is 29.5 Å². The Morgan fingerprint density at radius 3 is 2.87 bits per heavy atom. The third kappa shape index (κ3) is 4.20. The lowest BCUT2D eigenvalue weighted by Gasteiger charge is -2.32. The molecule has 1 unspecified atom stereocenters. The van der Waals surface area contributed by atoms with E-state index in [0.29, 0.717) is 24.2 Å². The predicted molar refractivity (Wildman–Crippen MR) is 60.6 cm³/mol. The summed E-state index contributed by atoms with van der Waals surface area (Å²) in [6, 6.07) is 0. The first-order chi connectivity index (χ1) is 7.13. The molecule has 1 fully saturated rings. The highest BCUT2D eigenvalue weighted by atomic mass is 16.5. The molecule has 0 aromatic rings. The van der Waals surface area contributed by atoms with E-state index in [-0.39, 0.29) is 0 Å². The summed E-state index contributed by atoms with van der Waals surface area (Å²) in [5.74, 6) is 1.31. The zero-order valence-corrected chi connectivity index (χ0v) is 10.2. The summed E-state index contributed by atoms with van der Waals surface area (Å²) < 4.78 is 5.15. The van der Waals surface area contributed by atoms with E-state index in [4.69, 9.17) is 4.74 Å². The van der Waals surface area contributed by atoms with Crippen molar-refractivity contribution in [1.82, 2.24) is 4.90 Å². The van der Waals surface area contributed by atoms with Gasteiger partial charge in [0.25, 0.3) is 0 Å². The van der Waals surface area contributed by atoms with Crippen molar-refractivity contribution < 1.29 is 9.53 Å². The van der Waals surface area contributed by atoms with E-state index in [2.05, 4.69) is 13.8 Å².